The number of rotatable bonds is 4. The average Bonchev–Trinajstić information content (AvgIpc) is 3.58. The zero-order valence-electron chi connectivity index (χ0n) is 18.7. The molecule has 0 saturated carbocycles. The summed E-state index contributed by atoms with van der Waals surface area (Å²) in [6, 6.07) is 29.3. The van der Waals surface area contributed by atoms with Gasteiger partial charge in [-0.15, -0.1) is 0 Å². The molecule has 0 aliphatic heterocycles. The minimum atomic E-state index is -0.115. The van der Waals surface area contributed by atoms with Gasteiger partial charge in [0, 0.05) is 27.8 Å². The fourth-order valence-corrected chi connectivity index (χ4v) is 5.37. The number of hydrogen-bond acceptors (Lipinski definition) is 4. The van der Waals surface area contributed by atoms with E-state index in [2.05, 4.69) is 0 Å². The van der Waals surface area contributed by atoms with Crippen molar-refractivity contribution >= 4 is 34.0 Å². The summed E-state index contributed by atoms with van der Waals surface area (Å²) in [7, 11) is 0. The Balaban J connectivity index is 1.51. The molecule has 6 heteroatoms. The van der Waals surface area contributed by atoms with E-state index in [0.717, 1.165) is 33.6 Å². The molecule has 6 rings (SSSR count). The van der Waals surface area contributed by atoms with Gasteiger partial charge in [-0.25, -0.2) is 9.38 Å². The zero-order valence-corrected chi connectivity index (χ0v) is 20.3. The second-order valence-electron chi connectivity index (χ2n) is 8.19. The van der Waals surface area contributed by atoms with E-state index in [0.29, 0.717) is 26.0 Å². The Morgan fingerprint density at radius 3 is 2.34 bits per heavy atom. The third-order valence-corrected chi connectivity index (χ3v) is 7.37. The second kappa shape index (κ2) is 8.69. The number of hydrogen-bond donors (Lipinski definition) is 0. The maximum Gasteiger partial charge on any atom is 0.275 e. The molecule has 3 aromatic heterocycles. The maximum absolute atomic E-state index is 13.6. The molecule has 3 heterocycles. The first-order valence-electron chi connectivity index (χ1n) is 11.1. The minimum Gasteiger partial charge on any atom is -0.457 e. The predicted octanol–water partition coefficient (Wildman–Crippen LogP) is 6.86. The van der Waals surface area contributed by atoms with Crippen LogP contribution in [0.2, 0.25) is 5.02 Å². The number of imidazole rings is 1. The van der Waals surface area contributed by atoms with Gasteiger partial charge in [0.05, 0.1) is 11.4 Å². The molecule has 3 aromatic carbocycles. The summed E-state index contributed by atoms with van der Waals surface area (Å²) < 4.78 is 8.34. The first-order chi connectivity index (χ1) is 17.1. The number of aromatic nitrogens is 2. The predicted molar refractivity (Wildman–Crippen MR) is 143 cm³/mol. The number of fused-ring (bicyclic) bond motifs is 1. The van der Waals surface area contributed by atoms with E-state index in [-0.39, 0.29) is 5.56 Å². The van der Waals surface area contributed by atoms with Crippen molar-refractivity contribution in [2.75, 3.05) is 0 Å². The lowest BCUT2D eigenvalue weighted by Gasteiger charge is -2.04. The Kier molecular flexibility index (Phi) is 5.36. The molecular formula is C29H19ClN2O2S. The molecule has 0 fully saturated rings. The third-order valence-electron chi connectivity index (χ3n) is 5.99. The van der Waals surface area contributed by atoms with Gasteiger partial charge in [-0.2, -0.15) is 0 Å². The molecule has 0 unspecified atom stereocenters. The lowest BCUT2D eigenvalue weighted by atomic mass is 10.1. The van der Waals surface area contributed by atoms with Crippen LogP contribution >= 0.6 is 22.9 Å². The van der Waals surface area contributed by atoms with Gasteiger partial charge in [0.2, 0.25) is 0 Å². The van der Waals surface area contributed by atoms with Gasteiger partial charge >= 0.3 is 0 Å². The maximum atomic E-state index is 13.6. The van der Waals surface area contributed by atoms with E-state index in [1.165, 1.54) is 11.3 Å². The van der Waals surface area contributed by atoms with Gasteiger partial charge in [0.15, 0.2) is 4.96 Å². The molecule has 0 amide bonds. The van der Waals surface area contributed by atoms with Gasteiger partial charge < -0.3 is 4.42 Å². The first kappa shape index (κ1) is 21.6. The molecule has 0 radical (unpaired) electrons. The first-order valence-corrected chi connectivity index (χ1v) is 12.3. The van der Waals surface area contributed by atoms with Crippen molar-refractivity contribution in [2.45, 2.75) is 6.92 Å². The largest absolute Gasteiger partial charge is 0.457 e. The van der Waals surface area contributed by atoms with E-state index in [9.17, 15) is 4.79 Å². The molecular weight excluding hydrogens is 476 g/mol. The summed E-state index contributed by atoms with van der Waals surface area (Å²) in [6.45, 7) is 1.96. The van der Waals surface area contributed by atoms with Crippen LogP contribution in [0.5, 0.6) is 0 Å². The minimum absolute atomic E-state index is 0.115. The van der Waals surface area contributed by atoms with Crippen LogP contribution in [-0.2, 0) is 0 Å². The Hall–Kier alpha value is -3.93. The second-order valence-corrected chi connectivity index (χ2v) is 9.61. The molecule has 0 spiro atoms. The quantitative estimate of drug-likeness (QED) is 0.269. The fraction of sp³-hybridized carbons (Fsp3) is 0.0345. The summed E-state index contributed by atoms with van der Waals surface area (Å²) in [5, 5.41) is 0.688. The Morgan fingerprint density at radius 2 is 1.60 bits per heavy atom. The van der Waals surface area contributed by atoms with Crippen LogP contribution in [0.3, 0.4) is 0 Å². The molecule has 35 heavy (non-hydrogen) atoms. The molecule has 0 N–H and O–H groups in total. The van der Waals surface area contributed by atoms with Crippen LogP contribution in [0.4, 0.5) is 0 Å². The van der Waals surface area contributed by atoms with Gasteiger partial charge in [0.25, 0.3) is 5.56 Å². The zero-order chi connectivity index (χ0) is 23.9. The number of furan rings is 1. The van der Waals surface area contributed by atoms with Crippen molar-refractivity contribution in [3.8, 4) is 33.8 Å². The smallest absolute Gasteiger partial charge is 0.275 e. The van der Waals surface area contributed by atoms with Gasteiger partial charge in [0.1, 0.15) is 16.1 Å². The van der Waals surface area contributed by atoms with Crippen LogP contribution in [0.15, 0.2) is 100 Å². The van der Waals surface area contributed by atoms with Crippen molar-refractivity contribution < 1.29 is 4.42 Å². The third kappa shape index (κ3) is 3.79. The number of thiazole rings is 1. The highest BCUT2D eigenvalue weighted by molar-refractivity contribution is 7.15. The molecule has 0 aliphatic carbocycles. The van der Waals surface area contributed by atoms with Gasteiger partial charge in [-0.1, -0.05) is 95.7 Å². The number of halogens is 1. The fourth-order valence-electron chi connectivity index (χ4n) is 4.24. The van der Waals surface area contributed by atoms with Crippen molar-refractivity contribution in [1.82, 2.24) is 9.38 Å². The number of benzene rings is 3. The summed E-state index contributed by atoms with van der Waals surface area (Å²) >= 11 is 7.63. The van der Waals surface area contributed by atoms with Crippen LogP contribution in [0.25, 0.3) is 44.9 Å². The lowest BCUT2D eigenvalue weighted by molar-refractivity contribution is 0.571. The Bertz CT molecular complexity index is 1780. The van der Waals surface area contributed by atoms with Crippen LogP contribution in [-0.4, -0.2) is 9.38 Å². The van der Waals surface area contributed by atoms with E-state index < -0.39 is 0 Å². The van der Waals surface area contributed by atoms with Crippen LogP contribution < -0.4 is 10.1 Å². The summed E-state index contributed by atoms with van der Waals surface area (Å²) in [5.41, 5.74) is 5.27. The molecule has 0 aliphatic rings. The summed E-state index contributed by atoms with van der Waals surface area (Å²) in [6.07, 6.45) is 1.78. The average molecular weight is 495 g/mol. The highest BCUT2D eigenvalue weighted by Crippen LogP contribution is 2.33. The monoisotopic (exact) mass is 494 g/mol. The van der Waals surface area contributed by atoms with E-state index in [4.69, 9.17) is 21.0 Å². The SMILES string of the molecule is Cc1c(Cl)cccc1-c1ccc(C=c2sc3nc(-c4ccccc4)c(-c4ccccc4)n3c2=O)o1. The van der Waals surface area contributed by atoms with Crippen molar-refractivity contribution in [3.05, 3.63) is 122 Å². The van der Waals surface area contributed by atoms with Crippen molar-refractivity contribution in [1.29, 1.82) is 0 Å². The summed E-state index contributed by atoms with van der Waals surface area (Å²) in [4.78, 5) is 19.1. The highest BCUT2D eigenvalue weighted by Gasteiger charge is 2.20. The normalized spacial score (nSPS) is 12.0. The van der Waals surface area contributed by atoms with E-state index in [1.54, 1.807) is 10.5 Å². The topological polar surface area (TPSA) is 47.5 Å². The van der Waals surface area contributed by atoms with Gasteiger partial charge in [-0.3, -0.25) is 4.79 Å². The number of nitrogens with zero attached hydrogens (tertiary/aromatic N) is 2. The molecule has 4 nitrogen and oxygen atoms in total. The molecule has 0 bridgehead atoms. The van der Waals surface area contributed by atoms with Crippen molar-refractivity contribution in [2.24, 2.45) is 0 Å². The Labute approximate surface area is 210 Å². The van der Waals surface area contributed by atoms with E-state index >= 15 is 0 Å². The molecule has 0 atom stereocenters. The van der Waals surface area contributed by atoms with Crippen LogP contribution in [0.1, 0.15) is 11.3 Å². The summed E-state index contributed by atoms with van der Waals surface area (Å²) in [5.74, 6) is 1.31. The Morgan fingerprint density at radius 1 is 0.886 bits per heavy atom. The highest BCUT2D eigenvalue weighted by atomic mass is 35.5. The molecule has 0 saturated heterocycles. The lowest BCUT2D eigenvalue weighted by Crippen LogP contribution is -2.23. The molecule has 170 valence electrons. The van der Waals surface area contributed by atoms with Crippen LogP contribution in [0, 0.1) is 6.92 Å². The standard InChI is InChI=1S/C29H19ClN2O2S/c1-18-22(13-8-14-23(18)30)24-16-15-21(34-24)17-25-28(33)32-27(20-11-6-3-7-12-20)26(31-29(32)35-25)19-9-4-2-5-10-19/h2-17H,1H3. The van der Waals surface area contributed by atoms with Crippen molar-refractivity contribution in [3.63, 3.8) is 0 Å². The van der Waals surface area contributed by atoms with E-state index in [1.807, 2.05) is 97.9 Å². The van der Waals surface area contributed by atoms with Gasteiger partial charge in [-0.05, 0) is 30.7 Å². The molecule has 6 aromatic rings.